The molecule has 26 heavy (non-hydrogen) atoms. The SMILES string of the molecule is Cc1ncc2ccc(C(=O)N3CCN(c4ccccc4F)CC3C)cn12. The van der Waals surface area contributed by atoms with Crippen LogP contribution in [0.3, 0.4) is 0 Å². The Balaban J connectivity index is 1.54. The minimum atomic E-state index is -0.222. The highest BCUT2D eigenvalue weighted by atomic mass is 19.1. The van der Waals surface area contributed by atoms with E-state index in [9.17, 15) is 9.18 Å². The number of aryl methyl sites for hydroxylation is 1. The average molecular weight is 352 g/mol. The van der Waals surface area contributed by atoms with E-state index in [1.165, 1.54) is 6.07 Å². The summed E-state index contributed by atoms with van der Waals surface area (Å²) in [5.74, 6) is 0.633. The van der Waals surface area contributed by atoms with Gasteiger partial charge in [0, 0.05) is 31.9 Å². The average Bonchev–Trinajstić information content (AvgIpc) is 3.02. The minimum absolute atomic E-state index is 0.000633. The Bertz CT molecular complexity index is 967. The van der Waals surface area contributed by atoms with Crippen molar-refractivity contribution in [1.82, 2.24) is 14.3 Å². The molecule has 0 N–H and O–H groups in total. The van der Waals surface area contributed by atoms with E-state index in [4.69, 9.17) is 0 Å². The summed E-state index contributed by atoms with van der Waals surface area (Å²) >= 11 is 0. The van der Waals surface area contributed by atoms with Crippen LogP contribution in [0.15, 0.2) is 48.8 Å². The van der Waals surface area contributed by atoms with Crippen LogP contribution in [0.4, 0.5) is 10.1 Å². The molecule has 1 amide bonds. The summed E-state index contributed by atoms with van der Waals surface area (Å²) in [7, 11) is 0. The van der Waals surface area contributed by atoms with Gasteiger partial charge in [-0.2, -0.15) is 0 Å². The maximum absolute atomic E-state index is 14.0. The largest absolute Gasteiger partial charge is 0.365 e. The van der Waals surface area contributed by atoms with Crippen molar-refractivity contribution in [2.45, 2.75) is 19.9 Å². The monoisotopic (exact) mass is 352 g/mol. The van der Waals surface area contributed by atoms with Gasteiger partial charge in [-0.1, -0.05) is 12.1 Å². The first kappa shape index (κ1) is 16.6. The van der Waals surface area contributed by atoms with Crippen LogP contribution < -0.4 is 4.90 Å². The number of rotatable bonds is 2. The molecule has 4 rings (SSSR count). The number of hydrogen-bond acceptors (Lipinski definition) is 3. The summed E-state index contributed by atoms with van der Waals surface area (Å²) in [4.78, 5) is 21.1. The van der Waals surface area contributed by atoms with Gasteiger partial charge < -0.3 is 14.2 Å². The van der Waals surface area contributed by atoms with Crippen LogP contribution in [0.2, 0.25) is 0 Å². The van der Waals surface area contributed by atoms with E-state index in [1.54, 1.807) is 18.3 Å². The standard InChI is InChI=1S/C20H21FN4O/c1-14-12-23(19-6-4-3-5-18(19)21)9-10-24(14)20(26)16-7-8-17-11-22-15(2)25(17)13-16/h3-8,11,13-14H,9-10,12H2,1-2H3. The van der Waals surface area contributed by atoms with Gasteiger partial charge in [-0.05, 0) is 38.1 Å². The van der Waals surface area contributed by atoms with Crippen molar-refractivity contribution >= 4 is 17.1 Å². The second-order valence-electron chi connectivity index (χ2n) is 6.76. The van der Waals surface area contributed by atoms with Crippen molar-refractivity contribution in [3.8, 4) is 0 Å². The van der Waals surface area contributed by atoms with E-state index in [2.05, 4.69) is 4.98 Å². The summed E-state index contributed by atoms with van der Waals surface area (Å²) in [5.41, 5.74) is 2.21. The number of para-hydroxylation sites is 1. The molecule has 1 aliphatic heterocycles. The van der Waals surface area contributed by atoms with Crippen molar-refractivity contribution < 1.29 is 9.18 Å². The molecule has 0 spiro atoms. The van der Waals surface area contributed by atoms with Gasteiger partial charge >= 0.3 is 0 Å². The van der Waals surface area contributed by atoms with Crippen molar-refractivity contribution in [1.29, 1.82) is 0 Å². The molecule has 2 aromatic heterocycles. The number of hydrogen-bond donors (Lipinski definition) is 0. The Hall–Kier alpha value is -2.89. The van der Waals surface area contributed by atoms with E-state index in [0.717, 1.165) is 11.3 Å². The molecule has 0 bridgehead atoms. The number of fused-ring (bicyclic) bond motifs is 1. The fraction of sp³-hybridized carbons (Fsp3) is 0.300. The molecule has 6 heteroatoms. The lowest BCUT2D eigenvalue weighted by atomic mass is 10.1. The van der Waals surface area contributed by atoms with Crippen LogP contribution in [0, 0.1) is 12.7 Å². The number of benzene rings is 1. The van der Waals surface area contributed by atoms with Crippen LogP contribution in [0.25, 0.3) is 5.52 Å². The number of imidazole rings is 1. The summed E-state index contributed by atoms with van der Waals surface area (Å²) in [6, 6.07) is 10.5. The first-order chi connectivity index (χ1) is 12.5. The van der Waals surface area contributed by atoms with Crippen LogP contribution >= 0.6 is 0 Å². The Morgan fingerprint density at radius 2 is 2.00 bits per heavy atom. The number of carbonyl (C=O) groups is 1. The van der Waals surface area contributed by atoms with Gasteiger partial charge in [0.05, 0.1) is 23.0 Å². The number of piperazine rings is 1. The maximum Gasteiger partial charge on any atom is 0.255 e. The molecule has 134 valence electrons. The summed E-state index contributed by atoms with van der Waals surface area (Å²) in [6.45, 7) is 5.71. The molecule has 0 saturated carbocycles. The maximum atomic E-state index is 14.0. The normalized spacial score (nSPS) is 17.7. The highest BCUT2D eigenvalue weighted by molar-refractivity contribution is 5.94. The van der Waals surface area contributed by atoms with Gasteiger partial charge in [-0.25, -0.2) is 9.37 Å². The first-order valence-corrected chi connectivity index (χ1v) is 8.79. The van der Waals surface area contributed by atoms with E-state index in [1.807, 2.05) is 52.4 Å². The van der Waals surface area contributed by atoms with Crippen molar-refractivity contribution in [2.24, 2.45) is 0 Å². The quantitative estimate of drug-likeness (QED) is 0.711. The highest BCUT2D eigenvalue weighted by Gasteiger charge is 2.29. The third-order valence-electron chi connectivity index (χ3n) is 5.04. The van der Waals surface area contributed by atoms with Crippen LogP contribution in [0.5, 0.6) is 0 Å². The Labute approximate surface area is 151 Å². The second-order valence-corrected chi connectivity index (χ2v) is 6.76. The molecule has 1 unspecified atom stereocenters. The van der Waals surface area contributed by atoms with Crippen molar-refractivity contribution in [3.05, 3.63) is 66.0 Å². The van der Waals surface area contributed by atoms with Crippen LogP contribution in [0.1, 0.15) is 23.1 Å². The van der Waals surface area contributed by atoms with E-state index >= 15 is 0 Å². The Kier molecular flexibility index (Phi) is 4.11. The minimum Gasteiger partial charge on any atom is -0.365 e. The number of aromatic nitrogens is 2. The molecule has 1 fully saturated rings. The number of halogens is 1. The molecule has 1 aliphatic rings. The lowest BCUT2D eigenvalue weighted by Crippen LogP contribution is -2.54. The summed E-state index contributed by atoms with van der Waals surface area (Å²) in [6.07, 6.45) is 3.63. The molecule has 5 nitrogen and oxygen atoms in total. The zero-order valence-electron chi connectivity index (χ0n) is 14.9. The number of carbonyl (C=O) groups excluding carboxylic acids is 1. The Morgan fingerprint density at radius 3 is 2.77 bits per heavy atom. The molecule has 1 saturated heterocycles. The van der Waals surface area contributed by atoms with Gasteiger partial charge in [-0.3, -0.25) is 4.79 Å². The van der Waals surface area contributed by atoms with Gasteiger partial charge in [0.2, 0.25) is 0 Å². The molecular weight excluding hydrogens is 331 g/mol. The lowest BCUT2D eigenvalue weighted by molar-refractivity contribution is 0.0673. The highest BCUT2D eigenvalue weighted by Crippen LogP contribution is 2.23. The number of pyridine rings is 1. The van der Waals surface area contributed by atoms with E-state index in [-0.39, 0.29) is 17.8 Å². The predicted molar refractivity (Wildman–Crippen MR) is 99.0 cm³/mol. The molecule has 0 radical (unpaired) electrons. The third-order valence-corrected chi connectivity index (χ3v) is 5.04. The molecule has 3 heterocycles. The van der Waals surface area contributed by atoms with E-state index in [0.29, 0.717) is 30.9 Å². The number of nitrogens with zero attached hydrogens (tertiary/aromatic N) is 4. The molecule has 1 aromatic carbocycles. The second kappa shape index (κ2) is 6.44. The van der Waals surface area contributed by atoms with E-state index < -0.39 is 0 Å². The fourth-order valence-electron chi connectivity index (χ4n) is 3.60. The Morgan fingerprint density at radius 1 is 1.19 bits per heavy atom. The zero-order valence-corrected chi connectivity index (χ0v) is 14.9. The molecule has 1 atom stereocenters. The van der Waals surface area contributed by atoms with Gasteiger partial charge in [0.25, 0.3) is 5.91 Å². The zero-order chi connectivity index (χ0) is 18.3. The molecule has 3 aromatic rings. The predicted octanol–water partition coefficient (Wildman–Crippen LogP) is 3.13. The van der Waals surface area contributed by atoms with Gasteiger partial charge in [0.1, 0.15) is 11.6 Å². The third kappa shape index (κ3) is 2.81. The molecular formula is C20H21FN4O. The number of anilines is 1. The topological polar surface area (TPSA) is 40.9 Å². The first-order valence-electron chi connectivity index (χ1n) is 8.79. The smallest absolute Gasteiger partial charge is 0.255 e. The summed E-state index contributed by atoms with van der Waals surface area (Å²) < 4.78 is 16.0. The fourth-order valence-corrected chi connectivity index (χ4v) is 3.60. The van der Waals surface area contributed by atoms with Crippen LogP contribution in [-0.4, -0.2) is 45.9 Å². The molecule has 0 aliphatic carbocycles. The summed E-state index contributed by atoms with van der Waals surface area (Å²) in [5, 5.41) is 0. The van der Waals surface area contributed by atoms with Crippen LogP contribution in [-0.2, 0) is 0 Å². The van der Waals surface area contributed by atoms with Gasteiger partial charge in [0.15, 0.2) is 0 Å². The number of amides is 1. The van der Waals surface area contributed by atoms with Crippen molar-refractivity contribution in [2.75, 3.05) is 24.5 Å². The van der Waals surface area contributed by atoms with Crippen molar-refractivity contribution in [3.63, 3.8) is 0 Å². The lowest BCUT2D eigenvalue weighted by Gasteiger charge is -2.41. The van der Waals surface area contributed by atoms with Gasteiger partial charge in [-0.15, -0.1) is 0 Å².